The van der Waals surface area contributed by atoms with Gasteiger partial charge in [0.25, 0.3) is 0 Å². The highest BCUT2D eigenvalue weighted by atomic mass is 16.5. The summed E-state index contributed by atoms with van der Waals surface area (Å²) >= 11 is 0. The van der Waals surface area contributed by atoms with Crippen LogP contribution in [-0.4, -0.2) is 35.5 Å². The van der Waals surface area contributed by atoms with Crippen LogP contribution in [-0.2, 0) is 25.7 Å². The molecule has 0 N–H and O–H groups in total. The van der Waals surface area contributed by atoms with E-state index in [1.165, 1.54) is 11.1 Å². The quantitative estimate of drug-likeness (QED) is 0.185. The third-order valence-electron chi connectivity index (χ3n) is 6.65. The molecule has 4 rings (SSSR count). The van der Waals surface area contributed by atoms with E-state index in [0.29, 0.717) is 28.7 Å². The lowest BCUT2D eigenvalue weighted by molar-refractivity contribution is 0.329. The molecule has 0 aliphatic heterocycles. The molecule has 0 atom stereocenters. The largest absolute Gasteiger partial charge is 0.497 e. The monoisotopic (exact) mass is 528 g/mol. The highest BCUT2D eigenvalue weighted by molar-refractivity contribution is 5.57. The third-order valence-corrected chi connectivity index (χ3v) is 6.65. The number of ether oxygens (including phenoxy) is 6. The lowest BCUT2D eigenvalue weighted by Gasteiger charge is -2.18. The van der Waals surface area contributed by atoms with E-state index in [-0.39, 0.29) is 0 Å². The van der Waals surface area contributed by atoms with Crippen molar-refractivity contribution >= 4 is 0 Å². The fourth-order valence-corrected chi connectivity index (χ4v) is 4.48. The van der Waals surface area contributed by atoms with Crippen molar-refractivity contribution in [3.05, 3.63) is 101 Å². The summed E-state index contributed by atoms with van der Waals surface area (Å²) in [6, 6.07) is 26.3. The molecule has 204 valence electrons. The predicted molar refractivity (Wildman–Crippen MR) is 153 cm³/mol. The fraction of sp³-hybridized carbons (Fsp3) is 0.273. The zero-order chi connectivity index (χ0) is 27.6. The first-order valence-corrected chi connectivity index (χ1v) is 12.9. The minimum absolute atomic E-state index is 0.535. The van der Waals surface area contributed by atoms with Crippen LogP contribution < -0.4 is 28.4 Å². The molecular weight excluding hydrogens is 492 g/mol. The molecule has 0 aliphatic rings. The summed E-state index contributed by atoms with van der Waals surface area (Å²) in [6.07, 6.45) is 3.39. The van der Waals surface area contributed by atoms with Crippen molar-refractivity contribution < 1.29 is 28.4 Å². The minimum Gasteiger partial charge on any atom is -0.497 e. The van der Waals surface area contributed by atoms with Crippen LogP contribution in [0.1, 0.15) is 22.3 Å². The van der Waals surface area contributed by atoms with Gasteiger partial charge in [0.05, 0.1) is 35.5 Å². The third kappa shape index (κ3) is 7.17. The van der Waals surface area contributed by atoms with Gasteiger partial charge >= 0.3 is 0 Å². The molecule has 0 amide bonds. The van der Waals surface area contributed by atoms with Crippen molar-refractivity contribution in [2.45, 2.75) is 25.7 Å². The second-order valence-electron chi connectivity index (χ2n) is 9.12. The number of hydrogen-bond donors (Lipinski definition) is 0. The van der Waals surface area contributed by atoms with Crippen LogP contribution in [0.5, 0.6) is 40.2 Å². The summed E-state index contributed by atoms with van der Waals surface area (Å²) in [6.45, 7) is 0. The lowest BCUT2D eigenvalue weighted by Crippen LogP contribution is -2.00. The Morgan fingerprint density at radius 1 is 0.410 bits per heavy atom. The number of rotatable bonds is 13. The standard InChI is InChI=1S/C33H36O6/c1-34-27-16-13-23(14-17-27)9-10-25-15-18-29(36-3)30(20-25)39-32-22-26(21-31(37-4)33(32)38-5)12-11-24-7-6-8-28(19-24)35-2/h6-8,13-22H,9-12H2,1-5H3. The van der Waals surface area contributed by atoms with E-state index in [9.17, 15) is 0 Å². The van der Waals surface area contributed by atoms with Gasteiger partial charge in [-0.3, -0.25) is 0 Å². The first-order chi connectivity index (χ1) is 19.1. The Bertz CT molecular complexity index is 1360. The summed E-state index contributed by atoms with van der Waals surface area (Å²) in [5, 5.41) is 0. The van der Waals surface area contributed by atoms with Gasteiger partial charge in [0.15, 0.2) is 23.0 Å². The highest BCUT2D eigenvalue weighted by Crippen LogP contribution is 2.43. The zero-order valence-corrected chi connectivity index (χ0v) is 23.3. The van der Waals surface area contributed by atoms with Gasteiger partial charge < -0.3 is 28.4 Å². The van der Waals surface area contributed by atoms with E-state index in [0.717, 1.165) is 48.3 Å². The fourth-order valence-electron chi connectivity index (χ4n) is 4.48. The Labute approximate surface area is 231 Å². The van der Waals surface area contributed by atoms with Crippen LogP contribution in [0.15, 0.2) is 78.9 Å². The molecule has 39 heavy (non-hydrogen) atoms. The van der Waals surface area contributed by atoms with Gasteiger partial charge in [-0.05, 0) is 96.5 Å². The van der Waals surface area contributed by atoms with Gasteiger partial charge in [-0.2, -0.15) is 0 Å². The van der Waals surface area contributed by atoms with E-state index < -0.39 is 0 Å². The molecule has 0 radical (unpaired) electrons. The van der Waals surface area contributed by atoms with Crippen molar-refractivity contribution in [1.29, 1.82) is 0 Å². The number of hydrogen-bond acceptors (Lipinski definition) is 6. The molecule has 0 unspecified atom stereocenters. The molecule has 0 spiro atoms. The molecule has 4 aromatic rings. The molecule has 0 heterocycles. The first kappa shape index (κ1) is 27.7. The number of benzene rings is 4. The van der Waals surface area contributed by atoms with Crippen molar-refractivity contribution in [2.75, 3.05) is 35.5 Å². The van der Waals surface area contributed by atoms with E-state index >= 15 is 0 Å². The maximum absolute atomic E-state index is 6.45. The molecule has 0 saturated heterocycles. The van der Waals surface area contributed by atoms with Gasteiger partial charge in [-0.25, -0.2) is 0 Å². The van der Waals surface area contributed by atoms with E-state index in [2.05, 4.69) is 30.3 Å². The molecule has 6 heteroatoms. The Hall–Kier alpha value is -4.32. The van der Waals surface area contributed by atoms with Gasteiger partial charge in [0, 0.05) is 0 Å². The van der Waals surface area contributed by atoms with Crippen LogP contribution in [0.4, 0.5) is 0 Å². The molecular formula is C33H36O6. The topological polar surface area (TPSA) is 55.4 Å². The summed E-state index contributed by atoms with van der Waals surface area (Å²) < 4.78 is 34.1. The lowest BCUT2D eigenvalue weighted by atomic mass is 10.0. The van der Waals surface area contributed by atoms with Gasteiger partial charge in [0.2, 0.25) is 5.75 Å². The molecule has 0 saturated carbocycles. The number of aryl methyl sites for hydroxylation is 4. The SMILES string of the molecule is COc1ccc(CCc2ccc(OC)c(Oc3cc(CCc4cccc(OC)c4)cc(OC)c3OC)c2)cc1. The molecule has 6 nitrogen and oxygen atoms in total. The Morgan fingerprint density at radius 2 is 1.00 bits per heavy atom. The van der Waals surface area contributed by atoms with E-state index in [1.54, 1.807) is 35.5 Å². The molecule has 0 aromatic heterocycles. The Kier molecular flexibility index (Phi) is 9.57. The molecule has 0 aliphatic carbocycles. The van der Waals surface area contributed by atoms with Crippen molar-refractivity contribution in [2.24, 2.45) is 0 Å². The normalized spacial score (nSPS) is 10.6. The summed E-state index contributed by atoms with van der Waals surface area (Å²) in [5.41, 5.74) is 4.64. The van der Waals surface area contributed by atoms with Gasteiger partial charge in [-0.15, -0.1) is 0 Å². The van der Waals surface area contributed by atoms with Crippen LogP contribution in [0.25, 0.3) is 0 Å². The van der Waals surface area contributed by atoms with Gasteiger partial charge in [0.1, 0.15) is 11.5 Å². The average Bonchev–Trinajstić information content (AvgIpc) is 2.99. The van der Waals surface area contributed by atoms with Crippen LogP contribution in [0.2, 0.25) is 0 Å². The Morgan fingerprint density at radius 3 is 1.67 bits per heavy atom. The summed E-state index contributed by atoms with van der Waals surface area (Å²) in [4.78, 5) is 0. The maximum Gasteiger partial charge on any atom is 0.203 e. The van der Waals surface area contributed by atoms with E-state index in [1.807, 2.05) is 48.5 Å². The second-order valence-corrected chi connectivity index (χ2v) is 9.12. The van der Waals surface area contributed by atoms with Crippen LogP contribution >= 0.6 is 0 Å². The maximum atomic E-state index is 6.45. The zero-order valence-electron chi connectivity index (χ0n) is 23.3. The summed E-state index contributed by atoms with van der Waals surface area (Å²) in [7, 11) is 8.24. The van der Waals surface area contributed by atoms with E-state index in [4.69, 9.17) is 28.4 Å². The smallest absolute Gasteiger partial charge is 0.203 e. The van der Waals surface area contributed by atoms with Crippen LogP contribution in [0, 0.1) is 0 Å². The molecule has 0 fully saturated rings. The van der Waals surface area contributed by atoms with Crippen molar-refractivity contribution in [1.82, 2.24) is 0 Å². The summed E-state index contributed by atoms with van der Waals surface area (Å²) in [5.74, 6) is 4.69. The Balaban J connectivity index is 1.56. The second kappa shape index (κ2) is 13.5. The average molecular weight is 529 g/mol. The van der Waals surface area contributed by atoms with Crippen LogP contribution in [0.3, 0.4) is 0 Å². The van der Waals surface area contributed by atoms with Crippen molar-refractivity contribution in [3.63, 3.8) is 0 Å². The van der Waals surface area contributed by atoms with Crippen molar-refractivity contribution in [3.8, 4) is 40.2 Å². The number of methoxy groups -OCH3 is 5. The first-order valence-electron chi connectivity index (χ1n) is 12.9. The highest BCUT2D eigenvalue weighted by Gasteiger charge is 2.17. The predicted octanol–water partition coefficient (Wildman–Crippen LogP) is 7.09. The molecule has 0 bridgehead atoms. The van der Waals surface area contributed by atoms with Gasteiger partial charge in [-0.1, -0.05) is 30.3 Å². The molecule has 4 aromatic carbocycles. The minimum atomic E-state index is 0.535.